The van der Waals surface area contributed by atoms with E-state index in [1.807, 2.05) is 82.7 Å². The average Bonchev–Trinajstić information content (AvgIpc) is 2.98. The van der Waals surface area contributed by atoms with E-state index >= 15 is 0 Å². The molecule has 6 aromatic heterocycles. The largest absolute Gasteiger partial charge is 0.437 e. The molecule has 0 unspecified atom stereocenters. The van der Waals surface area contributed by atoms with Gasteiger partial charge in [-0.1, -0.05) is 19.9 Å². The van der Waals surface area contributed by atoms with Gasteiger partial charge in [-0.05, 0) is 70.8 Å². The minimum Gasteiger partial charge on any atom is -0.255 e. The van der Waals surface area contributed by atoms with Gasteiger partial charge in [-0.2, -0.15) is 0 Å². The van der Waals surface area contributed by atoms with E-state index in [4.69, 9.17) is 0 Å². The summed E-state index contributed by atoms with van der Waals surface area (Å²) in [6.45, 7) is 0. The zero-order chi connectivity index (χ0) is 24.2. The van der Waals surface area contributed by atoms with Gasteiger partial charge in [0.05, 0.1) is 36.2 Å². The van der Waals surface area contributed by atoms with Gasteiger partial charge in [-0.3, -0.25) is 9.97 Å². The van der Waals surface area contributed by atoms with Crippen LogP contribution in [0, 0.1) is 0 Å². The lowest BCUT2D eigenvalue weighted by Gasteiger charge is -2.07. The van der Waals surface area contributed by atoms with Gasteiger partial charge in [0.2, 0.25) is 0 Å². The molecule has 0 radical (unpaired) electrons. The van der Waals surface area contributed by atoms with Crippen LogP contribution in [0.3, 0.4) is 0 Å². The molecule has 8 heteroatoms. The Morgan fingerprint density at radius 2 is 0.778 bits per heavy atom. The van der Waals surface area contributed by atoms with Gasteiger partial charge in [-0.25, -0.2) is 9.13 Å². The molecule has 0 aliphatic heterocycles. The van der Waals surface area contributed by atoms with Crippen molar-refractivity contribution < 1.29 is 9.13 Å². The SMILES string of the molecule is c1cnc(-[n+]2ccc(-c3ccnc(-c4cc(-c5cc[n+](-c6ncccn6)cc5)ccn4)c3)cc2)nc1. The summed E-state index contributed by atoms with van der Waals surface area (Å²) in [6.07, 6.45) is 18.3. The number of aromatic nitrogens is 8. The molecule has 0 aliphatic carbocycles. The third-order valence-electron chi connectivity index (χ3n) is 5.67. The smallest absolute Gasteiger partial charge is 0.255 e. The van der Waals surface area contributed by atoms with E-state index in [1.54, 1.807) is 36.9 Å². The van der Waals surface area contributed by atoms with E-state index < -0.39 is 0 Å². The Balaban J connectivity index is 1.27. The fourth-order valence-electron chi connectivity index (χ4n) is 3.85. The summed E-state index contributed by atoms with van der Waals surface area (Å²) in [5.41, 5.74) is 5.85. The van der Waals surface area contributed by atoms with Crippen molar-refractivity contribution in [2.75, 3.05) is 0 Å². The van der Waals surface area contributed by atoms with Crippen LogP contribution in [0.2, 0.25) is 0 Å². The Bertz CT molecular complexity index is 1480. The summed E-state index contributed by atoms with van der Waals surface area (Å²) in [5.74, 6) is 1.26. The van der Waals surface area contributed by atoms with E-state index in [0.29, 0.717) is 11.9 Å². The lowest BCUT2D eigenvalue weighted by Crippen LogP contribution is -2.31. The third kappa shape index (κ3) is 4.43. The molecule has 0 fully saturated rings. The second-order valence-corrected chi connectivity index (χ2v) is 7.95. The Morgan fingerprint density at radius 3 is 1.17 bits per heavy atom. The molecule has 6 rings (SSSR count). The highest BCUT2D eigenvalue weighted by Gasteiger charge is 2.11. The van der Waals surface area contributed by atoms with Gasteiger partial charge in [0.15, 0.2) is 0 Å². The van der Waals surface area contributed by atoms with Crippen LogP contribution in [-0.2, 0) is 0 Å². The molecule has 0 saturated carbocycles. The molecule has 0 aromatic carbocycles. The number of rotatable bonds is 5. The molecule has 0 N–H and O–H groups in total. The predicted octanol–water partition coefficient (Wildman–Crippen LogP) is 3.61. The highest BCUT2D eigenvalue weighted by Crippen LogP contribution is 2.26. The minimum absolute atomic E-state index is 0.628. The predicted molar refractivity (Wildman–Crippen MR) is 133 cm³/mol. The summed E-state index contributed by atoms with van der Waals surface area (Å²) < 4.78 is 3.76. The molecular weight excluding hydrogens is 448 g/mol. The van der Waals surface area contributed by atoms with Crippen molar-refractivity contribution in [1.29, 1.82) is 0 Å². The lowest BCUT2D eigenvalue weighted by molar-refractivity contribution is -0.603. The van der Waals surface area contributed by atoms with Crippen LogP contribution in [0.15, 0.2) is 123 Å². The first-order valence-corrected chi connectivity index (χ1v) is 11.3. The molecule has 0 atom stereocenters. The van der Waals surface area contributed by atoms with Gasteiger partial charge in [-0.15, -0.1) is 0 Å². The first-order valence-electron chi connectivity index (χ1n) is 11.3. The molecule has 0 bridgehead atoms. The van der Waals surface area contributed by atoms with Crippen molar-refractivity contribution in [3.63, 3.8) is 0 Å². The highest BCUT2D eigenvalue weighted by atomic mass is 15.1. The summed E-state index contributed by atoms with van der Waals surface area (Å²) in [7, 11) is 0. The molecule has 6 aromatic rings. The molecule has 0 spiro atoms. The lowest BCUT2D eigenvalue weighted by atomic mass is 10.0. The van der Waals surface area contributed by atoms with Gasteiger partial charge < -0.3 is 0 Å². The van der Waals surface area contributed by atoms with Crippen molar-refractivity contribution >= 4 is 0 Å². The summed E-state index contributed by atoms with van der Waals surface area (Å²) in [6, 6.07) is 19.8. The zero-order valence-electron chi connectivity index (χ0n) is 19.1. The fourth-order valence-corrected chi connectivity index (χ4v) is 3.85. The quantitative estimate of drug-likeness (QED) is 0.360. The molecule has 8 nitrogen and oxygen atoms in total. The zero-order valence-corrected chi connectivity index (χ0v) is 19.1. The normalized spacial score (nSPS) is 10.8. The van der Waals surface area contributed by atoms with Crippen molar-refractivity contribution in [2.24, 2.45) is 0 Å². The number of hydrogen-bond donors (Lipinski definition) is 0. The first kappa shape index (κ1) is 21.3. The molecule has 6 heterocycles. The number of nitrogens with zero attached hydrogens (tertiary/aromatic N) is 8. The van der Waals surface area contributed by atoms with Gasteiger partial charge in [0, 0.05) is 24.5 Å². The van der Waals surface area contributed by atoms with Gasteiger partial charge in [0.1, 0.15) is 24.8 Å². The number of hydrogen-bond acceptors (Lipinski definition) is 6. The fraction of sp³-hybridized carbons (Fsp3) is 0. The standard InChI is InChI=1S/C28H20N8/c1-9-31-27(32-10-1)35-15-5-21(6-16-35)23-3-13-29-25(19-23)26-20-24(4-14-30-26)22-7-17-36(18-8-22)28-33-11-2-12-34-28/h1-20H/q+2. The molecule has 0 amide bonds. The first-order chi connectivity index (χ1) is 17.8. The maximum absolute atomic E-state index is 4.58. The monoisotopic (exact) mass is 468 g/mol. The maximum Gasteiger partial charge on any atom is 0.437 e. The van der Waals surface area contributed by atoms with Crippen LogP contribution >= 0.6 is 0 Å². The van der Waals surface area contributed by atoms with E-state index in [9.17, 15) is 0 Å². The van der Waals surface area contributed by atoms with Crippen LogP contribution in [-0.4, -0.2) is 29.9 Å². The maximum atomic E-state index is 4.58. The van der Waals surface area contributed by atoms with Gasteiger partial charge >= 0.3 is 11.9 Å². The molecule has 170 valence electrons. The van der Waals surface area contributed by atoms with Crippen LogP contribution < -0.4 is 9.13 Å². The Kier molecular flexibility index (Phi) is 5.65. The van der Waals surface area contributed by atoms with Crippen LogP contribution in [0.25, 0.3) is 45.5 Å². The third-order valence-corrected chi connectivity index (χ3v) is 5.67. The Morgan fingerprint density at radius 1 is 0.389 bits per heavy atom. The van der Waals surface area contributed by atoms with Crippen LogP contribution in [0.1, 0.15) is 0 Å². The van der Waals surface area contributed by atoms with Crippen molar-refractivity contribution in [3.05, 3.63) is 123 Å². The van der Waals surface area contributed by atoms with E-state index in [0.717, 1.165) is 33.6 Å². The van der Waals surface area contributed by atoms with Crippen molar-refractivity contribution in [3.8, 4) is 45.5 Å². The molecular formula is C28H20N8+2. The second-order valence-electron chi connectivity index (χ2n) is 7.95. The summed E-state index contributed by atoms with van der Waals surface area (Å²) in [4.78, 5) is 26.3. The second kappa shape index (κ2) is 9.55. The van der Waals surface area contributed by atoms with E-state index in [2.05, 4.69) is 42.0 Å². The Hall–Kier alpha value is -5.24. The van der Waals surface area contributed by atoms with Gasteiger partial charge in [0.25, 0.3) is 0 Å². The van der Waals surface area contributed by atoms with Crippen molar-refractivity contribution in [2.45, 2.75) is 0 Å². The number of pyridine rings is 4. The highest BCUT2D eigenvalue weighted by molar-refractivity contribution is 5.72. The average molecular weight is 469 g/mol. The summed E-state index contributed by atoms with van der Waals surface area (Å²) in [5, 5.41) is 0. The Labute approximate surface area is 207 Å². The van der Waals surface area contributed by atoms with E-state index in [-0.39, 0.29) is 0 Å². The summed E-state index contributed by atoms with van der Waals surface area (Å²) >= 11 is 0. The minimum atomic E-state index is 0.628. The van der Waals surface area contributed by atoms with Crippen LogP contribution in [0.5, 0.6) is 0 Å². The molecule has 0 saturated heterocycles. The van der Waals surface area contributed by atoms with Crippen molar-refractivity contribution in [1.82, 2.24) is 29.9 Å². The van der Waals surface area contributed by atoms with Crippen LogP contribution in [0.4, 0.5) is 0 Å². The topological polar surface area (TPSA) is 85.1 Å². The molecule has 0 aliphatic rings. The van der Waals surface area contributed by atoms with E-state index in [1.165, 1.54) is 0 Å². The molecule has 36 heavy (non-hydrogen) atoms.